The maximum Gasteiger partial charge on any atom is 2.00 e. The standard InChI is InChI=1S/C29H39F6N2O2.C11H22NO3.U/c1-26-15-14-21-20-9-6-5-8-19(20)10-11-22(21)23(26)12-13-24(26)37(4)25(38)18-36(3)16-7-17-39-27(2,28(30,31)32)29(33,34)35;1-5-8-15-11(13)7-6-10(9-14-4)12(2)3;/h6,8-9,21-24H,7,10-18H2,1-4H3;10H,1,5-9H2,2-4H3;/q2*-1;+2/t21?,22?,23?,24-,26-;;/m0../s1/i;4D;. The van der Waals surface area contributed by atoms with E-state index in [1.165, 1.54) is 11.1 Å². The van der Waals surface area contributed by atoms with Gasteiger partial charge in [-0.1, -0.05) is 19.8 Å². The monoisotopic (exact) mass is 1020 g/mol. The Kier molecular flexibility index (Phi) is 18.8. The SMILES string of the molecule is CN(CCCOC(C)(C(F)(F)F)C(F)(F)F)CC(=O)N(C)[C@H]1CCC2C3CCc4c[c-]ccc4C3CC[C@@]21C.[2H]COCC(CCC(=O)OCC[CH2-])N(C)C.[U+2]. The molecular formula is C40H61F6N3O5U. The van der Waals surface area contributed by atoms with E-state index in [4.69, 9.17) is 10.8 Å². The van der Waals surface area contributed by atoms with E-state index < -0.39 is 24.6 Å². The van der Waals surface area contributed by atoms with Gasteiger partial charge in [0.2, 0.25) is 5.91 Å². The van der Waals surface area contributed by atoms with Crippen molar-refractivity contribution in [2.45, 2.75) is 114 Å². The molecule has 0 aromatic heterocycles. The molecule has 0 spiro atoms. The van der Waals surface area contributed by atoms with E-state index in [0.29, 0.717) is 50.2 Å². The molecule has 2 saturated carbocycles. The summed E-state index contributed by atoms with van der Waals surface area (Å²) in [7, 11) is 7.28. The van der Waals surface area contributed by atoms with Crippen LogP contribution in [-0.4, -0.2) is 125 Å². The summed E-state index contributed by atoms with van der Waals surface area (Å²) in [6.45, 7) is 6.23. The fourth-order valence-corrected chi connectivity index (χ4v) is 8.76. The third-order valence-corrected chi connectivity index (χ3v) is 12.1. The van der Waals surface area contributed by atoms with Gasteiger partial charge < -0.3 is 30.9 Å². The summed E-state index contributed by atoms with van der Waals surface area (Å²) >= 11 is 0. The number of amides is 1. The van der Waals surface area contributed by atoms with Gasteiger partial charge in [-0.3, -0.25) is 14.5 Å². The van der Waals surface area contributed by atoms with Crippen LogP contribution in [-0.2, 0) is 30.2 Å². The van der Waals surface area contributed by atoms with Crippen LogP contribution in [0.2, 0.25) is 0 Å². The number of rotatable bonds is 16. The van der Waals surface area contributed by atoms with Gasteiger partial charge in [-0.2, -0.15) is 61.7 Å². The Hall–Kier alpha value is -1.37. The quantitative estimate of drug-likeness (QED) is 0.0736. The first-order valence-electron chi connectivity index (χ1n) is 19.6. The van der Waals surface area contributed by atoms with Crippen molar-refractivity contribution in [3.8, 4) is 0 Å². The molecule has 312 valence electrons. The number of halogens is 6. The summed E-state index contributed by atoms with van der Waals surface area (Å²) in [4.78, 5) is 29.9. The first-order chi connectivity index (χ1) is 25.7. The molecule has 0 aliphatic heterocycles. The molecule has 3 aliphatic rings. The second-order valence-corrected chi connectivity index (χ2v) is 15.8. The van der Waals surface area contributed by atoms with Gasteiger partial charge in [-0.15, -0.1) is 6.42 Å². The number of aryl methyl sites for hydroxylation is 1. The molecular weight excluding hydrogens is 954 g/mol. The van der Waals surface area contributed by atoms with Crippen molar-refractivity contribution in [2.24, 2.45) is 17.3 Å². The molecule has 0 heterocycles. The maximum atomic E-state index is 13.2. The van der Waals surface area contributed by atoms with Crippen LogP contribution in [0.25, 0.3) is 0 Å². The van der Waals surface area contributed by atoms with Crippen LogP contribution >= 0.6 is 0 Å². The molecule has 1 aromatic carbocycles. The molecule has 55 heavy (non-hydrogen) atoms. The molecule has 4 rings (SSSR count). The number of esters is 1. The molecule has 15 heteroatoms. The minimum Gasteiger partial charge on any atom is -0.468 e. The van der Waals surface area contributed by atoms with Gasteiger partial charge >= 0.3 is 49.4 Å². The summed E-state index contributed by atoms with van der Waals surface area (Å²) in [5.74, 6) is 1.43. The molecule has 0 saturated heterocycles. The Morgan fingerprint density at radius 1 is 1.07 bits per heavy atom. The van der Waals surface area contributed by atoms with Crippen molar-refractivity contribution in [3.05, 3.63) is 42.3 Å². The molecule has 8 nitrogen and oxygen atoms in total. The summed E-state index contributed by atoms with van der Waals surface area (Å²) in [5.41, 5.74) is -1.31. The first kappa shape index (κ1) is 48.0. The van der Waals surface area contributed by atoms with E-state index in [9.17, 15) is 35.9 Å². The number of hydrogen-bond donors (Lipinski definition) is 0. The van der Waals surface area contributed by atoms with Gasteiger partial charge in [0.25, 0.3) is 5.60 Å². The third kappa shape index (κ3) is 12.6. The van der Waals surface area contributed by atoms with Gasteiger partial charge in [-0.05, 0) is 89.8 Å². The number of hydrogen-bond acceptors (Lipinski definition) is 7. The predicted octanol–water partition coefficient (Wildman–Crippen LogP) is 7.50. The van der Waals surface area contributed by atoms with Crippen LogP contribution in [0.1, 0.15) is 90.1 Å². The van der Waals surface area contributed by atoms with E-state index in [1.54, 1.807) is 11.9 Å². The van der Waals surface area contributed by atoms with Crippen molar-refractivity contribution in [1.82, 2.24) is 14.7 Å². The minimum absolute atomic E-state index is 0. The third-order valence-electron chi connectivity index (χ3n) is 12.1. The molecule has 0 bridgehead atoms. The zero-order chi connectivity index (χ0) is 41.2. The Bertz CT molecular complexity index is 1360. The number of carbonyl (C=O) groups is 2. The second kappa shape index (κ2) is 21.6. The molecule has 4 unspecified atom stereocenters. The summed E-state index contributed by atoms with van der Waals surface area (Å²) in [6.07, 6.45) is -3.17. The summed E-state index contributed by atoms with van der Waals surface area (Å²) < 4.78 is 99.1. The summed E-state index contributed by atoms with van der Waals surface area (Å²) in [5, 5.41) is 0. The molecule has 2 fully saturated rings. The van der Waals surface area contributed by atoms with E-state index in [-0.39, 0.29) is 94.0 Å². The minimum atomic E-state index is -5.58. The number of nitrogens with zero attached hydrogens (tertiary/aromatic N) is 3. The average molecular weight is 1020 g/mol. The number of methoxy groups -OCH3 is 1. The Morgan fingerprint density at radius 2 is 1.76 bits per heavy atom. The van der Waals surface area contributed by atoms with Crippen LogP contribution in [0, 0.1) is 61.4 Å². The molecule has 0 radical (unpaired) electrons. The fourth-order valence-electron chi connectivity index (χ4n) is 8.76. The van der Waals surface area contributed by atoms with Crippen LogP contribution in [0.5, 0.6) is 0 Å². The van der Waals surface area contributed by atoms with Crippen LogP contribution in [0.3, 0.4) is 0 Å². The van der Waals surface area contributed by atoms with Gasteiger partial charge in [0.15, 0.2) is 0 Å². The van der Waals surface area contributed by atoms with Gasteiger partial charge in [0.1, 0.15) is 0 Å². The zero-order valence-corrected chi connectivity index (χ0v) is 37.5. The predicted molar refractivity (Wildman–Crippen MR) is 195 cm³/mol. The van der Waals surface area contributed by atoms with Crippen molar-refractivity contribution < 1.29 is 82.6 Å². The average Bonchev–Trinajstić information content (AvgIpc) is 3.48. The van der Waals surface area contributed by atoms with Gasteiger partial charge in [0.05, 0.1) is 21.1 Å². The van der Waals surface area contributed by atoms with Crippen LogP contribution in [0.4, 0.5) is 26.3 Å². The molecule has 6 atom stereocenters. The van der Waals surface area contributed by atoms with E-state index in [0.717, 1.165) is 38.5 Å². The van der Waals surface area contributed by atoms with Crippen molar-refractivity contribution >= 4 is 11.9 Å². The number of benzene rings is 1. The van der Waals surface area contributed by atoms with Crippen LogP contribution in [0.15, 0.2) is 18.2 Å². The fraction of sp³-hybridized carbons (Fsp3) is 0.775. The normalized spacial score (nSPS) is 24.4. The van der Waals surface area contributed by atoms with Crippen molar-refractivity contribution in [3.63, 3.8) is 0 Å². The smallest absolute Gasteiger partial charge is 0.468 e. The second-order valence-electron chi connectivity index (χ2n) is 15.8. The van der Waals surface area contributed by atoms with E-state index in [1.807, 2.05) is 37.0 Å². The van der Waals surface area contributed by atoms with E-state index >= 15 is 0 Å². The first-order valence-corrected chi connectivity index (χ1v) is 18.9. The number of ether oxygens (including phenoxy) is 3. The largest absolute Gasteiger partial charge is 2.00 e. The molecule has 3 aliphatic carbocycles. The summed E-state index contributed by atoms with van der Waals surface area (Å²) in [6, 6.07) is 9.82. The molecule has 1 amide bonds. The Balaban J connectivity index is 0.000000541. The van der Waals surface area contributed by atoms with Gasteiger partial charge in [0, 0.05) is 45.8 Å². The Morgan fingerprint density at radius 3 is 2.38 bits per heavy atom. The molecule has 1 aromatic rings. The zero-order valence-electron chi connectivity index (χ0n) is 34.3. The maximum absolute atomic E-state index is 13.2. The van der Waals surface area contributed by atoms with Gasteiger partial charge in [-0.25, -0.2) is 0 Å². The topological polar surface area (TPSA) is 71.5 Å². The number of alkyl halides is 6. The van der Waals surface area contributed by atoms with Crippen molar-refractivity contribution in [2.75, 3.05) is 68.2 Å². The van der Waals surface area contributed by atoms with E-state index in [2.05, 4.69) is 36.8 Å². The van der Waals surface area contributed by atoms with Crippen molar-refractivity contribution in [1.29, 1.82) is 0 Å². The number of carbonyl (C=O) groups excluding carboxylic acids is 2. The number of fused-ring (bicyclic) bond motifs is 5. The molecule has 0 N–H and O–H groups in total. The Labute approximate surface area is 349 Å². The van der Waals surface area contributed by atoms with Crippen LogP contribution < -0.4 is 0 Å². The number of likely N-dealkylation sites (N-methyl/N-ethyl adjacent to an activating group) is 3.